The van der Waals surface area contributed by atoms with E-state index < -0.39 is 0 Å². The number of piperidine rings is 1. The van der Waals surface area contributed by atoms with Crippen molar-refractivity contribution in [2.75, 3.05) is 26.7 Å². The molecule has 1 unspecified atom stereocenters. The van der Waals surface area contributed by atoms with Crippen LogP contribution in [0.1, 0.15) is 31.4 Å². The first kappa shape index (κ1) is 14.6. The van der Waals surface area contributed by atoms with E-state index in [0.717, 1.165) is 12.5 Å². The van der Waals surface area contributed by atoms with E-state index in [1.165, 1.54) is 42.3 Å². The number of hydrogen-bond donors (Lipinski definition) is 1. The van der Waals surface area contributed by atoms with Gasteiger partial charge in [-0.1, -0.05) is 43.3 Å². The summed E-state index contributed by atoms with van der Waals surface area (Å²) in [6, 6.07) is 15.9. The van der Waals surface area contributed by atoms with Crippen LogP contribution in [-0.2, 0) is 0 Å². The van der Waals surface area contributed by atoms with Crippen LogP contribution >= 0.6 is 0 Å². The fourth-order valence-corrected chi connectivity index (χ4v) is 3.29. The molecule has 1 aliphatic rings. The second-order valence-corrected chi connectivity index (χ2v) is 6.43. The van der Waals surface area contributed by atoms with Crippen LogP contribution in [0.2, 0.25) is 0 Å². The van der Waals surface area contributed by atoms with Crippen molar-refractivity contribution in [3.05, 3.63) is 48.0 Å². The number of fused-ring (bicyclic) bond motifs is 1. The standard InChI is InChI=1S/C19H26N2/c1-15-9-11-21(12-10-15)14-19(20-2)18-8-7-16-5-3-4-6-17(16)13-18/h3-8,13,15,19-20H,9-12,14H2,1-2H3. The predicted octanol–water partition coefficient (Wildman–Crippen LogP) is 3.83. The van der Waals surface area contributed by atoms with Gasteiger partial charge in [-0.3, -0.25) is 0 Å². The molecule has 2 aromatic carbocycles. The van der Waals surface area contributed by atoms with Crippen molar-refractivity contribution in [2.45, 2.75) is 25.8 Å². The number of likely N-dealkylation sites (N-methyl/N-ethyl adjacent to an activating group) is 1. The number of rotatable bonds is 4. The van der Waals surface area contributed by atoms with Crippen molar-refractivity contribution < 1.29 is 0 Å². The minimum Gasteiger partial charge on any atom is -0.312 e. The van der Waals surface area contributed by atoms with E-state index in [1.54, 1.807) is 0 Å². The smallest absolute Gasteiger partial charge is 0.0447 e. The molecular formula is C19H26N2. The quantitative estimate of drug-likeness (QED) is 0.917. The largest absolute Gasteiger partial charge is 0.312 e. The summed E-state index contributed by atoms with van der Waals surface area (Å²) >= 11 is 0. The fourth-order valence-electron chi connectivity index (χ4n) is 3.29. The van der Waals surface area contributed by atoms with Crippen LogP contribution in [0.5, 0.6) is 0 Å². The van der Waals surface area contributed by atoms with Gasteiger partial charge in [-0.25, -0.2) is 0 Å². The number of likely N-dealkylation sites (tertiary alicyclic amines) is 1. The van der Waals surface area contributed by atoms with Crippen LogP contribution in [0, 0.1) is 5.92 Å². The van der Waals surface area contributed by atoms with E-state index in [4.69, 9.17) is 0 Å². The van der Waals surface area contributed by atoms with Gasteiger partial charge in [-0.2, -0.15) is 0 Å². The molecule has 1 atom stereocenters. The van der Waals surface area contributed by atoms with Gasteiger partial charge in [0.1, 0.15) is 0 Å². The lowest BCUT2D eigenvalue weighted by molar-refractivity contribution is 0.177. The van der Waals surface area contributed by atoms with E-state index in [1.807, 2.05) is 0 Å². The predicted molar refractivity (Wildman–Crippen MR) is 90.6 cm³/mol. The molecule has 0 bridgehead atoms. The summed E-state index contributed by atoms with van der Waals surface area (Å²) in [6.45, 7) is 5.97. The zero-order chi connectivity index (χ0) is 14.7. The maximum absolute atomic E-state index is 3.50. The van der Waals surface area contributed by atoms with Crippen LogP contribution in [-0.4, -0.2) is 31.6 Å². The van der Waals surface area contributed by atoms with E-state index in [-0.39, 0.29) is 0 Å². The number of nitrogens with one attached hydrogen (secondary N) is 1. The van der Waals surface area contributed by atoms with Gasteiger partial charge >= 0.3 is 0 Å². The molecule has 0 amide bonds. The van der Waals surface area contributed by atoms with Crippen molar-refractivity contribution in [1.29, 1.82) is 0 Å². The summed E-state index contributed by atoms with van der Waals surface area (Å²) in [5, 5.41) is 6.16. The Hall–Kier alpha value is -1.38. The normalized spacial score (nSPS) is 19.0. The minimum atomic E-state index is 0.419. The first-order chi connectivity index (χ1) is 10.3. The third-order valence-electron chi connectivity index (χ3n) is 4.84. The molecule has 0 aliphatic carbocycles. The molecule has 2 nitrogen and oxygen atoms in total. The Labute approximate surface area is 128 Å². The monoisotopic (exact) mass is 282 g/mol. The third-order valence-corrected chi connectivity index (χ3v) is 4.84. The molecule has 1 N–H and O–H groups in total. The minimum absolute atomic E-state index is 0.419. The molecule has 1 aliphatic heterocycles. The molecular weight excluding hydrogens is 256 g/mol. The second-order valence-electron chi connectivity index (χ2n) is 6.43. The molecule has 0 spiro atoms. The Bertz CT molecular complexity index is 585. The highest BCUT2D eigenvalue weighted by molar-refractivity contribution is 5.83. The molecule has 2 aromatic rings. The van der Waals surface area contributed by atoms with Crippen molar-refractivity contribution in [2.24, 2.45) is 5.92 Å². The molecule has 0 aromatic heterocycles. The van der Waals surface area contributed by atoms with Gasteiger partial charge < -0.3 is 10.2 Å². The molecule has 1 saturated heterocycles. The van der Waals surface area contributed by atoms with Crippen molar-refractivity contribution in [3.63, 3.8) is 0 Å². The molecule has 3 rings (SSSR count). The second kappa shape index (κ2) is 6.59. The molecule has 0 radical (unpaired) electrons. The number of nitrogens with zero attached hydrogens (tertiary/aromatic N) is 1. The van der Waals surface area contributed by atoms with Crippen molar-refractivity contribution in [1.82, 2.24) is 10.2 Å². The van der Waals surface area contributed by atoms with Gasteiger partial charge in [-0.05, 0) is 61.3 Å². The Morgan fingerprint density at radius 2 is 1.81 bits per heavy atom. The summed E-state index contributed by atoms with van der Waals surface area (Å²) in [7, 11) is 2.08. The topological polar surface area (TPSA) is 15.3 Å². The highest BCUT2D eigenvalue weighted by Gasteiger charge is 2.19. The zero-order valence-corrected chi connectivity index (χ0v) is 13.2. The first-order valence-corrected chi connectivity index (χ1v) is 8.14. The van der Waals surface area contributed by atoms with Crippen LogP contribution in [0.3, 0.4) is 0 Å². The Kier molecular flexibility index (Phi) is 4.57. The zero-order valence-electron chi connectivity index (χ0n) is 13.2. The lowest BCUT2D eigenvalue weighted by atomic mass is 9.97. The van der Waals surface area contributed by atoms with Crippen LogP contribution in [0.25, 0.3) is 10.8 Å². The van der Waals surface area contributed by atoms with Gasteiger partial charge in [0.2, 0.25) is 0 Å². The van der Waals surface area contributed by atoms with Gasteiger partial charge in [0.15, 0.2) is 0 Å². The van der Waals surface area contributed by atoms with E-state index in [2.05, 4.69) is 66.7 Å². The molecule has 2 heteroatoms. The Balaban J connectivity index is 1.74. The number of benzene rings is 2. The summed E-state index contributed by atoms with van der Waals surface area (Å²) in [5.74, 6) is 0.898. The van der Waals surface area contributed by atoms with E-state index in [9.17, 15) is 0 Å². The Morgan fingerprint density at radius 3 is 2.52 bits per heavy atom. The van der Waals surface area contributed by atoms with Crippen molar-refractivity contribution >= 4 is 10.8 Å². The third kappa shape index (κ3) is 3.45. The lowest BCUT2D eigenvalue weighted by Gasteiger charge is -2.33. The van der Waals surface area contributed by atoms with Crippen LogP contribution < -0.4 is 5.32 Å². The Morgan fingerprint density at radius 1 is 1.10 bits per heavy atom. The molecule has 0 saturated carbocycles. The molecule has 1 heterocycles. The highest BCUT2D eigenvalue weighted by Crippen LogP contribution is 2.23. The van der Waals surface area contributed by atoms with Crippen molar-refractivity contribution in [3.8, 4) is 0 Å². The van der Waals surface area contributed by atoms with E-state index in [0.29, 0.717) is 6.04 Å². The van der Waals surface area contributed by atoms with E-state index >= 15 is 0 Å². The SMILES string of the molecule is CNC(CN1CCC(C)CC1)c1ccc2ccccc2c1. The highest BCUT2D eigenvalue weighted by atomic mass is 15.1. The molecule has 112 valence electrons. The average molecular weight is 282 g/mol. The van der Waals surface area contributed by atoms with Gasteiger partial charge in [0, 0.05) is 12.6 Å². The first-order valence-electron chi connectivity index (χ1n) is 8.14. The van der Waals surface area contributed by atoms with Gasteiger partial charge in [0.05, 0.1) is 0 Å². The summed E-state index contributed by atoms with van der Waals surface area (Å²) < 4.78 is 0. The fraction of sp³-hybridized carbons (Fsp3) is 0.474. The van der Waals surface area contributed by atoms with Gasteiger partial charge in [-0.15, -0.1) is 0 Å². The summed E-state index contributed by atoms with van der Waals surface area (Å²) in [4.78, 5) is 2.61. The molecule has 21 heavy (non-hydrogen) atoms. The summed E-state index contributed by atoms with van der Waals surface area (Å²) in [5.41, 5.74) is 1.40. The molecule has 1 fully saturated rings. The lowest BCUT2D eigenvalue weighted by Crippen LogP contribution is -2.38. The maximum atomic E-state index is 3.50. The number of hydrogen-bond acceptors (Lipinski definition) is 2. The average Bonchev–Trinajstić information content (AvgIpc) is 2.54. The maximum Gasteiger partial charge on any atom is 0.0447 e. The van der Waals surface area contributed by atoms with Gasteiger partial charge in [0.25, 0.3) is 0 Å². The van der Waals surface area contributed by atoms with Crippen LogP contribution in [0.4, 0.5) is 0 Å². The van der Waals surface area contributed by atoms with Crippen LogP contribution in [0.15, 0.2) is 42.5 Å². The summed E-state index contributed by atoms with van der Waals surface area (Å²) in [6.07, 6.45) is 2.68.